The van der Waals surface area contributed by atoms with E-state index in [2.05, 4.69) is 47.9 Å². The third kappa shape index (κ3) is 5.89. The molecule has 2 aliphatic rings. The van der Waals surface area contributed by atoms with Crippen LogP contribution >= 0.6 is 0 Å². The Morgan fingerprint density at radius 3 is 2.32 bits per heavy atom. The lowest BCUT2D eigenvalue weighted by Crippen LogP contribution is -2.47. The first-order valence-corrected chi connectivity index (χ1v) is 13.3. The van der Waals surface area contributed by atoms with Gasteiger partial charge in [-0.05, 0) is 61.7 Å². The molecular formula is C29H40N6O3. The highest BCUT2D eigenvalue weighted by molar-refractivity contribution is 6.22. The van der Waals surface area contributed by atoms with Crippen molar-refractivity contribution in [2.75, 3.05) is 51.2 Å². The summed E-state index contributed by atoms with van der Waals surface area (Å²) < 4.78 is 0. The highest BCUT2D eigenvalue weighted by atomic mass is 16.2. The van der Waals surface area contributed by atoms with Crippen molar-refractivity contribution < 1.29 is 14.4 Å². The number of hydrogen-bond acceptors (Lipinski definition) is 6. The first-order valence-electron chi connectivity index (χ1n) is 13.3. The average Bonchev–Trinajstić information content (AvgIpc) is 3.04. The average molecular weight is 521 g/mol. The number of urea groups is 1. The third-order valence-electron chi connectivity index (χ3n) is 7.52. The molecule has 1 N–H and O–H groups in total. The van der Waals surface area contributed by atoms with Crippen LogP contribution in [0.25, 0.3) is 0 Å². The van der Waals surface area contributed by atoms with Gasteiger partial charge in [-0.25, -0.2) is 9.69 Å². The first kappa shape index (κ1) is 27.7. The molecule has 9 nitrogen and oxygen atoms in total. The molecule has 0 saturated carbocycles. The fourth-order valence-corrected chi connectivity index (χ4v) is 4.81. The lowest BCUT2D eigenvalue weighted by Gasteiger charge is -2.32. The van der Waals surface area contributed by atoms with Crippen LogP contribution in [0.4, 0.5) is 10.5 Å². The Balaban J connectivity index is 1.42. The maximum absolute atomic E-state index is 13.5. The van der Waals surface area contributed by atoms with Crippen LogP contribution in [0.15, 0.2) is 42.6 Å². The van der Waals surface area contributed by atoms with Crippen molar-refractivity contribution in [3.05, 3.63) is 59.4 Å². The molecular weight excluding hydrogens is 480 g/mol. The maximum Gasteiger partial charge on any atom is 0.332 e. The largest absolute Gasteiger partial charge is 0.349 e. The maximum atomic E-state index is 13.5. The fourth-order valence-electron chi connectivity index (χ4n) is 4.81. The number of piperazine rings is 1. The molecule has 3 heterocycles. The number of amides is 4. The zero-order chi connectivity index (χ0) is 27.7. The van der Waals surface area contributed by atoms with Gasteiger partial charge in [-0.3, -0.25) is 19.5 Å². The number of pyridine rings is 1. The minimum Gasteiger partial charge on any atom is -0.349 e. The van der Waals surface area contributed by atoms with Gasteiger partial charge in [0, 0.05) is 52.0 Å². The normalized spacial score (nSPS) is 18.8. The molecule has 38 heavy (non-hydrogen) atoms. The Kier molecular flexibility index (Phi) is 7.90. The van der Waals surface area contributed by atoms with E-state index in [9.17, 15) is 14.4 Å². The Morgan fingerprint density at radius 2 is 1.68 bits per heavy atom. The highest BCUT2D eigenvalue weighted by Crippen LogP contribution is 2.34. The number of nitrogens with one attached hydrogen (secondary N) is 1. The predicted octanol–water partition coefficient (Wildman–Crippen LogP) is 3.10. The monoisotopic (exact) mass is 520 g/mol. The molecule has 1 aromatic heterocycles. The Morgan fingerprint density at radius 1 is 1.03 bits per heavy atom. The molecule has 2 saturated heterocycles. The van der Waals surface area contributed by atoms with E-state index in [1.54, 1.807) is 37.1 Å². The number of aromatic nitrogens is 1. The predicted molar refractivity (Wildman–Crippen MR) is 148 cm³/mol. The van der Waals surface area contributed by atoms with Crippen molar-refractivity contribution in [1.82, 2.24) is 25.0 Å². The first-order chi connectivity index (χ1) is 17.9. The summed E-state index contributed by atoms with van der Waals surface area (Å²) in [6, 6.07) is 10.7. The van der Waals surface area contributed by atoms with Crippen molar-refractivity contribution in [2.45, 2.75) is 52.1 Å². The van der Waals surface area contributed by atoms with E-state index in [-0.39, 0.29) is 29.8 Å². The number of rotatable bonds is 7. The van der Waals surface area contributed by atoms with E-state index in [1.165, 1.54) is 4.90 Å². The molecule has 0 atom stereocenters. The van der Waals surface area contributed by atoms with E-state index < -0.39 is 5.54 Å². The summed E-state index contributed by atoms with van der Waals surface area (Å²) in [5.41, 5.74) is 1.66. The van der Waals surface area contributed by atoms with Gasteiger partial charge in [0.25, 0.3) is 11.8 Å². The van der Waals surface area contributed by atoms with Crippen molar-refractivity contribution in [3.63, 3.8) is 0 Å². The zero-order valence-electron chi connectivity index (χ0n) is 23.5. The quantitative estimate of drug-likeness (QED) is 0.565. The van der Waals surface area contributed by atoms with E-state index in [4.69, 9.17) is 0 Å². The van der Waals surface area contributed by atoms with Gasteiger partial charge in [-0.2, -0.15) is 0 Å². The Hall–Kier alpha value is -3.30. The molecule has 2 aromatic rings. The standard InChI is InChI=1S/C29H40N6O3/c1-28(2,3)22-7-9-23(10-8-22)35-26(37)29(4,5)34(27(35)38)20-21-11-12-30-24(19-21)25(36)31-13-14-33-17-15-32(6)16-18-33/h7-12,19H,13-18,20H2,1-6H3,(H,31,36). The van der Waals surface area contributed by atoms with Gasteiger partial charge in [-0.15, -0.1) is 0 Å². The molecule has 4 rings (SSSR count). The summed E-state index contributed by atoms with van der Waals surface area (Å²) in [5.74, 6) is -0.522. The summed E-state index contributed by atoms with van der Waals surface area (Å²) in [7, 11) is 2.12. The van der Waals surface area contributed by atoms with Crippen LogP contribution < -0.4 is 10.2 Å². The second kappa shape index (κ2) is 10.8. The second-order valence-corrected chi connectivity index (χ2v) is 11.8. The van der Waals surface area contributed by atoms with Crippen LogP contribution in [-0.2, 0) is 16.8 Å². The fraction of sp³-hybridized carbons (Fsp3) is 0.517. The summed E-state index contributed by atoms with van der Waals surface area (Å²) in [4.78, 5) is 51.3. The molecule has 0 radical (unpaired) electrons. The van der Waals surface area contributed by atoms with Gasteiger partial charge in [0.05, 0.1) is 5.69 Å². The zero-order valence-corrected chi connectivity index (χ0v) is 23.5. The van der Waals surface area contributed by atoms with Crippen LogP contribution in [0.2, 0.25) is 0 Å². The molecule has 2 aliphatic heterocycles. The number of benzene rings is 1. The summed E-state index contributed by atoms with van der Waals surface area (Å²) in [5, 5.41) is 2.95. The number of carbonyl (C=O) groups excluding carboxylic acids is 3. The smallest absolute Gasteiger partial charge is 0.332 e. The third-order valence-corrected chi connectivity index (χ3v) is 7.52. The Bertz CT molecular complexity index is 1180. The Labute approximate surface area is 225 Å². The van der Waals surface area contributed by atoms with Gasteiger partial charge in [0.15, 0.2) is 0 Å². The molecule has 0 aliphatic carbocycles. The van der Waals surface area contributed by atoms with Crippen molar-refractivity contribution in [2.24, 2.45) is 0 Å². The molecule has 2 fully saturated rings. The molecule has 4 amide bonds. The molecule has 0 spiro atoms. The molecule has 9 heteroatoms. The topological polar surface area (TPSA) is 89.1 Å². The van der Waals surface area contributed by atoms with Gasteiger partial charge < -0.3 is 15.1 Å². The van der Waals surface area contributed by atoms with E-state index in [1.807, 2.05) is 24.3 Å². The van der Waals surface area contributed by atoms with Gasteiger partial charge in [-0.1, -0.05) is 32.9 Å². The minimum absolute atomic E-state index is 0.0290. The number of likely N-dealkylation sites (N-methyl/N-ethyl adjacent to an activating group) is 1. The van der Waals surface area contributed by atoms with Gasteiger partial charge in [0.2, 0.25) is 0 Å². The minimum atomic E-state index is -1.03. The number of imide groups is 1. The summed E-state index contributed by atoms with van der Waals surface area (Å²) in [6.07, 6.45) is 1.57. The second-order valence-electron chi connectivity index (χ2n) is 11.8. The van der Waals surface area contributed by atoms with Crippen molar-refractivity contribution >= 4 is 23.5 Å². The highest BCUT2D eigenvalue weighted by Gasteiger charge is 2.51. The SMILES string of the molecule is CN1CCN(CCNC(=O)c2cc(CN3C(=O)N(c4ccc(C(C)(C)C)cc4)C(=O)C3(C)C)ccn2)CC1. The van der Waals surface area contributed by atoms with Gasteiger partial charge >= 0.3 is 6.03 Å². The molecule has 0 unspecified atom stereocenters. The molecule has 1 aromatic carbocycles. The van der Waals surface area contributed by atoms with Crippen LogP contribution in [0.5, 0.6) is 0 Å². The van der Waals surface area contributed by atoms with Crippen LogP contribution in [0, 0.1) is 0 Å². The number of anilines is 1. The number of carbonyl (C=O) groups is 3. The molecule has 0 bridgehead atoms. The van der Waals surface area contributed by atoms with Crippen LogP contribution in [-0.4, -0.2) is 89.4 Å². The number of nitrogens with zero attached hydrogens (tertiary/aromatic N) is 5. The van der Waals surface area contributed by atoms with Crippen molar-refractivity contribution in [1.29, 1.82) is 0 Å². The lowest BCUT2D eigenvalue weighted by atomic mass is 9.87. The van der Waals surface area contributed by atoms with E-state index in [0.29, 0.717) is 17.9 Å². The summed E-state index contributed by atoms with van der Waals surface area (Å²) in [6.45, 7) is 15.5. The van der Waals surface area contributed by atoms with Crippen LogP contribution in [0.1, 0.15) is 56.2 Å². The molecule has 204 valence electrons. The van der Waals surface area contributed by atoms with Gasteiger partial charge in [0.1, 0.15) is 11.2 Å². The lowest BCUT2D eigenvalue weighted by molar-refractivity contribution is -0.123. The summed E-state index contributed by atoms with van der Waals surface area (Å²) >= 11 is 0. The van der Waals surface area contributed by atoms with Crippen molar-refractivity contribution in [3.8, 4) is 0 Å². The van der Waals surface area contributed by atoms with Crippen LogP contribution in [0.3, 0.4) is 0 Å². The number of hydrogen-bond donors (Lipinski definition) is 1. The van der Waals surface area contributed by atoms with E-state index >= 15 is 0 Å². The van der Waals surface area contributed by atoms with E-state index in [0.717, 1.165) is 43.9 Å².